The van der Waals surface area contributed by atoms with Crippen LogP contribution in [0.15, 0.2) is 30.3 Å². The number of nitrogens with two attached hydrogens (primary N) is 1. The number of carbonyl (C=O) groups is 1. The highest BCUT2D eigenvalue weighted by Crippen LogP contribution is 2.19. The van der Waals surface area contributed by atoms with Gasteiger partial charge in [-0.25, -0.2) is 0 Å². The van der Waals surface area contributed by atoms with Crippen molar-refractivity contribution in [3.05, 3.63) is 35.9 Å². The summed E-state index contributed by atoms with van der Waals surface area (Å²) in [6.07, 6.45) is 2.38. The van der Waals surface area contributed by atoms with Crippen molar-refractivity contribution in [2.24, 2.45) is 11.7 Å². The lowest BCUT2D eigenvalue weighted by atomic mass is 9.94. The minimum absolute atomic E-state index is 0. The highest BCUT2D eigenvalue weighted by Gasteiger charge is 2.25. The Hall–Kier alpha value is -0.810. The number of benzene rings is 1. The first kappa shape index (κ1) is 21.2. The van der Waals surface area contributed by atoms with E-state index < -0.39 is 0 Å². The zero-order chi connectivity index (χ0) is 14.5. The summed E-state index contributed by atoms with van der Waals surface area (Å²) < 4.78 is 0. The number of rotatable bonds is 5. The highest BCUT2D eigenvalue weighted by molar-refractivity contribution is 5.85. The lowest BCUT2D eigenvalue weighted by Gasteiger charge is -2.23. The van der Waals surface area contributed by atoms with Crippen LogP contribution in [0.2, 0.25) is 0 Å². The number of nitrogens with one attached hydrogen (secondary N) is 1. The van der Waals surface area contributed by atoms with E-state index in [1.54, 1.807) is 0 Å². The molecule has 1 aromatic carbocycles. The summed E-state index contributed by atoms with van der Waals surface area (Å²) in [5.41, 5.74) is 7.19. The fourth-order valence-electron chi connectivity index (χ4n) is 2.74. The number of nitrogens with zero attached hydrogens (tertiary/aromatic N) is 1. The number of halogens is 2. The molecule has 1 aliphatic rings. The molecule has 1 aromatic rings. The van der Waals surface area contributed by atoms with Crippen LogP contribution in [0.1, 0.15) is 31.4 Å². The third-order valence-electron chi connectivity index (χ3n) is 4.32. The van der Waals surface area contributed by atoms with Gasteiger partial charge in [-0.15, -0.1) is 24.8 Å². The van der Waals surface area contributed by atoms with E-state index in [4.69, 9.17) is 5.73 Å². The van der Waals surface area contributed by atoms with Gasteiger partial charge in [-0.3, -0.25) is 4.79 Å². The summed E-state index contributed by atoms with van der Waals surface area (Å²) >= 11 is 0. The Labute approximate surface area is 145 Å². The molecule has 2 rings (SSSR count). The molecule has 3 N–H and O–H groups in total. The maximum atomic E-state index is 12.2. The van der Waals surface area contributed by atoms with E-state index in [1.807, 2.05) is 37.3 Å². The molecule has 0 bridgehead atoms. The van der Waals surface area contributed by atoms with Gasteiger partial charge in [0.1, 0.15) is 0 Å². The molecule has 1 saturated heterocycles. The normalized spacial score (nSPS) is 20.4. The predicted molar refractivity (Wildman–Crippen MR) is 95.7 cm³/mol. The smallest absolute Gasteiger partial charge is 0.224 e. The van der Waals surface area contributed by atoms with Gasteiger partial charge < -0.3 is 16.0 Å². The molecule has 0 aromatic heterocycles. The van der Waals surface area contributed by atoms with Gasteiger partial charge in [-0.1, -0.05) is 37.3 Å². The number of likely N-dealkylation sites (N-methyl/N-ethyl adjacent to an activating group) is 1. The lowest BCUT2D eigenvalue weighted by Crippen LogP contribution is -2.42. The van der Waals surface area contributed by atoms with Crippen molar-refractivity contribution in [1.82, 2.24) is 10.2 Å². The van der Waals surface area contributed by atoms with E-state index in [-0.39, 0.29) is 42.7 Å². The number of amides is 1. The molecule has 1 aliphatic heterocycles. The van der Waals surface area contributed by atoms with Crippen molar-refractivity contribution in [3.8, 4) is 0 Å². The van der Waals surface area contributed by atoms with Crippen molar-refractivity contribution in [2.45, 2.75) is 31.8 Å². The van der Waals surface area contributed by atoms with E-state index in [2.05, 4.69) is 17.3 Å². The Morgan fingerprint density at radius 2 is 2.00 bits per heavy atom. The summed E-state index contributed by atoms with van der Waals surface area (Å²) in [6.45, 7) is 3.74. The van der Waals surface area contributed by atoms with Gasteiger partial charge in [0.15, 0.2) is 0 Å². The Morgan fingerprint density at radius 3 is 2.55 bits per heavy atom. The number of likely N-dealkylation sites (tertiary alicyclic amines) is 1. The van der Waals surface area contributed by atoms with Crippen LogP contribution in [0, 0.1) is 5.92 Å². The molecule has 0 spiro atoms. The van der Waals surface area contributed by atoms with Gasteiger partial charge in [0.05, 0.1) is 5.92 Å². The van der Waals surface area contributed by atoms with Crippen molar-refractivity contribution >= 4 is 30.7 Å². The zero-order valence-corrected chi connectivity index (χ0v) is 14.8. The molecular weight excluding hydrogens is 321 g/mol. The summed E-state index contributed by atoms with van der Waals surface area (Å²) in [4.78, 5) is 14.5. The van der Waals surface area contributed by atoms with E-state index in [9.17, 15) is 4.79 Å². The van der Waals surface area contributed by atoms with Crippen LogP contribution in [-0.2, 0) is 4.79 Å². The van der Waals surface area contributed by atoms with Crippen LogP contribution in [0.3, 0.4) is 0 Å². The fourth-order valence-corrected chi connectivity index (χ4v) is 2.74. The van der Waals surface area contributed by atoms with E-state index in [0.29, 0.717) is 6.04 Å². The minimum atomic E-state index is -0.252. The Kier molecular flexibility index (Phi) is 9.69. The van der Waals surface area contributed by atoms with Gasteiger partial charge >= 0.3 is 0 Å². The fraction of sp³-hybridized carbons (Fsp3) is 0.562. The van der Waals surface area contributed by atoms with Crippen LogP contribution in [0.25, 0.3) is 0 Å². The molecule has 3 atom stereocenters. The first-order valence-corrected chi connectivity index (χ1v) is 7.38. The third kappa shape index (κ3) is 5.43. The van der Waals surface area contributed by atoms with Crippen LogP contribution in [0.4, 0.5) is 0 Å². The largest absolute Gasteiger partial charge is 0.354 e. The van der Waals surface area contributed by atoms with Crippen molar-refractivity contribution in [2.75, 3.05) is 20.1 Å². The van der Waals surface area contributed by atoms with Gasteiger partial charge in [0.25, 0.3) is 0 Å². The Balaban J connectivity index is 0.00000220. The van der Waals surface area contributed by atoms with Gasteiger partial charge in [-0.05, 0) is 32.0 Å². The topological polar surface area (TPSA) is 58.4 Å². The molecule has 1 amide bonds. The molecule has 1 heterocycles. The first-order chi connectivity index (χ1) is 9.59. The quantitative estimate of drug-likeness (QED) is 0.859. The molecule has 4 nitrogen and oxygen atoms in total. The molecule has 22 heavy (non-hydrogen) atoms. The van der Waals surface area contributed by atoms with Crippen molar-refractivity contribution in [3.63, 3.8) is 0 Å². The average Bonchev–Trinajstić information content (AvgIpc) is 2.89. The first-order valence-electron chi connectivity index (χ1n) is 7.38. The lowest BCUT2D eigenvalue weighted by molar-refractivity contribution is -0.125. The summed E-state index contributed by atoms with van der Waals surface area (Å²) in [5.74, 6) is -0.175. The SMILES string of the molecule is CC(C(=O)NCC1CCCN1C)C(N)c1ccccc1.Cl.Cl. The Morgan fingerprint density at radius 1 is 1.36 bits per heavy atom. The maximum Gasteiger partial charge on any atom is 0.224 e. The summed E-state index contributed by atoms with van der Waals surface area (Å²) in [7, 11) is 2.11. The third-order valence-corrected chi connectivity index (χ3v) is 4.32. The van der Waals surface area contributed by atoms with Gasteiger partial charge in [0.2, 0.25) is 5.91 Å². The summed E-state index contributed by atoms with van der Waals surface area (Å²) in [6, 6.07) is 10.0. The molecule has 0 radical (unpaired) electrons. The maximum absolute atomic E-state index is 12.2. The average molecular weight is 348 g/mol. The Bertz CT molecular complexity index is 444. The zero-order valence-electron chi connectivity index (χ0n) is 13.2. The molecular formula is C16H27Cl2N3O. The second kappa shape index (κ2) is 10.1. The molecule has 126 valence electrons. The van der Waals surface area contributed by atoms with Crippen LogP contribution >= 0.6 is 24.8 Å². The summed E-state index contributed by atoms with van der Waals surface area (Å²) in [5, 5.41) is 3.04. The highest BCUT2D eigenvalue weighted by atomic mass is 35.5. The second-order valence-electron chi connectivity index (χ2n) is 5.75. The van der Waals surface area contributed by atoms with Gasteiger partial charge in [-0.2, -0.15) is 0 Å². The number of hydrogen-bond donors (Lipinski definition) is 2. The van der Waals surface area contributed by atoms with Crippen molar-refractivity contribution in [1.29, 1.82) is 0 Å². The van der Waals surface area contributed by atoms with E-state index >= 15 is 0 Å². The number of hydrogen-bond acceptors (Lipinski definition) is 3. The van der Waals surface area contributed by atoms with E-state index in [0.717, 1.165) is 25.1 Å². The van der Waals surface area contributed by atoms with Crippen molar-refractivity contribution < 1.29 is 4.79 Å². The monoisotopic (exact) mass is 347 g/mol. The minimum Gasteiger partial charge on any atom is -0.354 e. The van der Waals surface area contributed by atoms with E-state index in [1.165, 1.54) is 6.42 Å². The molecule has 6 heteroatoms. The van der Waals surface area contributed by atoms with Crippen LogP contribution in [-0.4, -0.2) is 37.0 Å². The molecule has 1 fully saturated rings. The molecule has 3 unspecified atom stereocenters. The standard InChI is InChI=1S/C16H25N3O.2ClH/c1-12(15(17)13-7-4-3-5-8-13)16(20)18-11-14-9-6-10-19(14)2;;/h3-5,7-8,12,14-15H,6,9-11,17H2,1-2H3,(H,18,20);2*1H. The van der Waals surface area contributed by atoms with Crippen LogP contribution < -0.4 is 11.1 Å². The molecule has 0 aliphatic carbocycles. The molecule has 0 saturated carbocycles. The second-order valence-corrected chi connectivity index (χ2v) is 5.75. The number of carbonyl (C=O) groups excluding carboxylic acids is 1. The van der Waals surface area contributed by atoms with Gasteiger partial charge in [0, 0.05) is 18.6 Å². The predicted octanol–water partition coefficient (Wildman–Crippen LogP) is 2.38. The van der Waals surface area contributed by atoms with Crippen LogP contribution in [0.5, 0.6) is 0 Å².